The van der Waals surface area contributed by atoms with E-state index in [4.69, 9.17) is 13.9 Å². The zero-order valence-electron chi connectivity index (χ0n) is 22.5. The van der Waals surface area contributed by atoms with Crippen molar-refractivity contribution in [3.63, 3.8) is 0 Å². The number of rotatable bonds is 8. The summed E-state index contributed by atoms with van der Waals surface area (Å²) in [6, 6.07) is 15.8. The molecule has 8 nitrogen and oxygen atoms in total. The first-order valence-electron chi connectivity index (χ1n) is 13.3. The number of carbonyl (C=O) groups excluding carboxylic acids is 1. The summed E-state index contributed by atoms with van der Waals surface area (Å²) in [6.45, 7) is 7.24. The van der Waals surface area contributed by atoms with Crippen molar-refractivity contribution in [1.82, 2.24) is 4.90 Å². The lowest BCUT2D eigenvalue weighted by atomic mass is 10.1. The number of hydrogen-bond acceptors (Lipinski definition) is 8. The first-order valence-corrected chi connectivity index (χ1v) is 13.3. The van der Waals surface area contributed by atoms with Crippen molar-refractivity contribution < 1.29 is 28.2 Å². The van der Waals surface area contributed by atoms with Gasteiger partial charge in [-0.2, -0.15) is 0 Å². The van der Waals surface area contributed by atoms with E-state index < -0.39 is 5.97 Å². The molecule has 1 saturated heterocycles. The van der Waals surface area contributed by atoms with Crippen LogP contribution in [-0.4, -0.2) is 48.8 Å². The van der Waals surface area contributed by atoms with Gasteiger partial charge in [0.15, 0.2) is 0 Å². The number of carbonyl (C=O) groups is 1. The van der Waals surface area contributed by atoms with Crippen molar-refractivity contribution in [3.8, 4) is 17.2 Å². The molecule has 1 aliphatic heterocycles. The Balaban J connectivity index is 1.33. The quantitative estimate of drug-likeness (QED) is 0.285. The number of phenolic OH excluding ortho intramolecular Hbond substituents is 1. The third-order valence-corrected chi connectivity index (χ3v) is 6.95. The number of aryl methyl sites for hydroxylation is 1. The Morgan fingerprint density at radius 3 is 2.38 bits per heavy atom. The van der Waals surface area contributed by atoms with Gasteiger partial charge in [0, 0.05) is 38.4 Å². The summed E-state index contributed by atoms with van der Waals surface area (Å²) < 4.78 is 30.4. The molecule has 9 heteroatoms. The maximum Gasteiger partial charge on any atom is 0.338 e. The summed E-state index contributed by atoms with van der Waals surface area (Å²) in [5.41, 5.74) is 1.86. The van der Waals surface area contributed by atoms with Crippen molar-refractivity contribution in [2.24, 2.45) is 0 Å². The standard InChI is InChI=1S/C31H31FN2O6/c1-3-18-38-31(37)21-4-10-24(11-5-21)40-29-20(2)39-30-25(28(29)36)12-13-27(35)26(30)19-33-14-16-34(17-15-33)23-8-6-22(32)7-9-23/h4-13,35H,3,14-19H2,1-2H3. The van der Waals surface area contributed by atoms with Crippen molar-refractivity contribution in [3.05, 3.63) is 93.6 Å². The van der Waals surface area contributed by atoms with E-state index in [1.165, 1.54) is 24.3 Å². The van der Waals surface area contributed by atoms with Gasteiger partial charge in [-0.3, -0.25) is 9.69 Å². The van der Waals surface area contributed by atoms with Gasteiger partial charge in [-0.1, -0.05) is 6.92 Å². The normalized spacial score (nSPS) is 13.9. The van der Waals surface area contributed by atoms with Crippen molar-refractivity contribution in [2.75, 3.05) is 37.7 Å². The molecule has 0 radical (unpaired) electrons. The number of hydrogen-bond donors (Lipinski definition) is 1. The lowest BCUT2D eigenvalue weighted by Gasteiger charge is -2.36. The van der Waals surface area contributed by atoms with Crippen LogP contribution in [0.25, 0.3) is 11.0 Å². The van der Waals surface area contributed by atoms with Crippen molar-refractivity contribution >= 4 is 22.6 Å². The van der Waals surface area contributed by atoms with E-state index in [2.05, 4.69) is 9.80 Å². The Kier molecular flexibility index (Phi) is 8.02. The topological polar surface area (TPSA) is 92.5 Å². The number of halogens is 1. The summed E-state index contributed by atoms with van der Waals surface area (Å²) >= 11 is 0. The summed E-state index contributed by atoms with van der Waals surface area (Å²) in [5, 5.41) is 11.0. The number of phenols is 1. The highest BCUT2D eigenvalue weighted by atomic mass is 19.1. The molecule has 0 spiro atoms. The number of nitrogens with zero attached hydrogens (tertiary/aromatic N) is 2. The average molecular weight is 547 g/mol. The minimum Gasteiger partial charge on any atom is -0.507 e. The first kappa shape index (κ1) is 27.2. The fourth-order valence-corrected chi connectivity index (χ4v) is 4.76. The molecule has 4 aromatic rings. The van der Waals surface area contributed by atoms with Crippen LogP contribution in [0.1, 0.15) is 35.0 Å². The zero-order chi connectivity index (χ0) is 28.2. The van der Waals surface area contributed by atoms with Crippen molar-refractivity contribution in [1.29, 1.82) is 0 Å². The Morgan fingerprint density at radius 2 is 1.70 bits per heavy atom. The molecule has 2 heterocycles. The van der Waals surface area contributed by atoms with E-state index >= 15 is 0 Å². The molecular weight excluding hydrogens is 515 g/mol. The second-order valence-electron chi connectivity index (χ2n) is 9.76. The summed E-state index contributed by atoms with van der Waals surface area (Å²) in [7, 11) is 0. The predicted molar refractivity (Wildman–Crippen MR) is 150 cm³/mol. The van der Waals surface area contributed by atoms with Crippen LogP contribution in [0.4, 0.5) is 10.1 Å². The van der Waals surface area contributed by atoms with E-state index in [9.17, 15) is 19.1 Å². The molecule has 0 saturated carbocycles. The highest BCUT2D eigenvalue weighted by Gasteiger charge is 2.23. The molecule has 0 bridgehead atoms. The SMILES string of the molecule is CCCOC(=O)c1ccc(Oc2c(C)oc3c(CN4CCN(c5ccc(F)cc5)CC4)c(O)ccc3c2=O)cc1. The fourth-order valence-electron chi connectivity index (χ4n) is 4.76. The lowest BCUT2D eigenvalue weighted by molar-refractivity contribution is 0.0505. The molecule has 0 amide bonds. The Bertz CT molecular complexity index is 1560. The van der Waals surface area contributed by atoms with Gasteiger partial charge < -0.3 is 23.9 Å². The Morgan fingerprint density at radius 1 is 1.00 bits per heavy atom. The van der Waals surface area contributed by atoms with Crippen LogP contribution in [0, 0.1) is 12.7 Å². The third-order valence-electron chi connectivity index (χ3n) is 6.95. The lowest BCUT2D eigenvalue weighted by Crippen LogP contribution is -2.46. The van der Waals surface area contributed by atoms with Crippen LogP contribution in [-0.2, 0) is 11.3 Å². The van der Waals surface area contributed by atoms with Gasteiger partial charge in [0.25, 0.3) is 0 Å². The maximum atomic E-state index is 13.4. The second-order valence-corrected chi connectivity index (χ2v) is 9.76. The molecule has 0 atom stereocenters. The van der Waals surface area contributed by atoms with E-state index in [1.807, 2.05) is 6.92 Å². The minimum atomic E-state index is -0.418. The Hall–Kier alpha value is -4.37. The molecule has 1 N–H and O–H groups in total. The number of ether oxygens (including phenoxy) is 2. The van der Waals surface area contributed by atoms with Gasteiger partial charge in [0.05, 0.1) is 23.1 Å². The monoisotopic (exact) mass is 546 g/mol. The van der Waals surface area contributed by atoms with Gasteiger partial charge in [-0.15, -0.1) is 0 Å². The van der Waals surface area contributed by atoms with Crippen LogP contribution >= 0.6 is 0 Å². The number of esters is 1. The highest BCUT2D eigenvalue weighted by molar-refractivity contribution is 5.89. The van der Waals surface area contributed by atoms with E-state index in [1.54, 1.807) is 43.3 Å². The summed E-state index contributed by atoms with van der Waals surface area (Å²) in [5.74, 6) is 0.0609. The average Bonchev–Trinajstić information content (AvgIpc) is 2.96. The number of aromatic hydroxyl groups is 1. The zero-order valence-corrected chi connectivity index (χ0v) is 22.5. The number of fused-ring (bicyclic) bond motifs is 1. The largest absolute Gasteiger partial charge is 0.507 e. The first-order chi connectivity index (χ1) is 19.3. The van der Waals surface area contributed by atoms with Crippen LogP contribution in [0.15, 0.2) is 69.9 Å². The fraction of sp³-hybridized carbons (Fsp3) is 0.290. The molecule has 0 unspecified atom stereocenters. The molecular formula is C31H31FN2O6. The van der Waals surface area contributed by atoms with Crippen LogP contribution in [0.2, 0.25) is 0 Å². The van der Waals surface area contributed by atoms with Gasteiger partial charge in [-0.05, 0) is 74.0 Å². The minimum absolute atomic E-state index is 0.0401. The molecule has 0 aliphatic carbocycles. The number of anilines is 1. The molecule has 1 fully saturated rings. The number of benzene rings is 3. The third kappa shape index (κ3) is 5.79. The van der Waals surface area contributed by atoms with Gasteiger partial charge in [-0.25, -0.2) is 9.18 Å². The summed E-state index contributed by atoms with van der Waals surface area (Å²) in [6.07, 6.45) is 0.734. The summed E-state index contributed by atoms with van der Waals surface area (Å²) in [4.78, 5) is 29.9. The molecule has 5 rings (SSSR count). The predicted octanol–water partition coefficient (Wildman–Crippen LogP) is 5.63. The molecule has 3 aromatic carbocycles. The molecule has 1 aromatic heterocycles. The highest BCUT2D eigenvalue weighted by Crippen LogP contribution is 2.32. The molecule has 40 heavy (non-hydrogen) atoms. The van der Waals surface area contributed by atoms with Gasteiger partial charge in [0.2, 0.25) is 11.2 Å². The van der Waals surface area contributed by atoms with Crippen LogP contribution < -0.4 is 15.1 Å². The van der Waals surface area contributed by atoms with Crippen molar-refractivity contribution in [2.45, 2.75) is 26.8 Å². The number of piperazine rings is 1. The van der Waals surface area contributed by atoms with Gasteiger partial charge in [0.1, 0.15) is 28.7 Å². The smallest absolute Gasteiger partial charge is 0.338 e. The van der Waals surface area contributed by atoms with Gasteiger partial charge >= 0.3 is 5.97 Å². The molecule has 1 aliphatic rings. The van der Waals surface area contributed by atoms with E-state index in [-0.39, 0.29) is 28.5 Å². The van der Waals surface area contributed by atoms with E-state index in [0.717, 1.165) is 38.3 Å². The second kappa shape index (κ2) is 11.8. The van der Waals surface area contributed by atoms with Crippen LogP contribution in [0.5, 0.6) is 17.2 Å². The van der Waals surface area contributed by atoms with E-state index in [0.29, 0.717) is 41.0 Å². The Labute approximate surface area is 231 Å². The molecule has 208 valence electrons. The van der Waals surface area contributed by atoms with Crippen LogP contribution in [0.3, 0.4) is 0 Å². The maximum absolute atomic E-state index is 13.4.